The molecular weight excluding hydrogens is 283 g/mol. The molecule has 6 heteroatoms. The molecule has 0 bridgehead atoms. The highest BCUT2D eigenvalue weighted by atomic mass is 35.5. The molecule has 1 aromatic heterocycles. The van der Waals surface area contributed by atoms with Gasteiger partial charge in [0.05, 0.1) is 7.11 Å². The van der Waals surface area contributed by atoms with Crippen LogP contribution in [0.5, 0.6) is 5.75 Å². The summed E-state index contributed by atoms with van der Waals surface area (Å²) in [5.74, 6) is -0.693. The van der Waals surface area contributed by atoms with E-state index in [9.17, 15) is 9.18 Å². The molecule has 1 heterocycles. The number of hydrogen-bond acceptors (Lipinski definition) is 2. The quantitative estimate of drug-likeness (QED) is 0.682. The number of methoxy groups -OCH3 is 1. The van der Waals surface area contributed by atoms with Crippen molar-refractivity contribution in [2.75, 3.05) is 7.11 Å². The first kappa shape index (κ1) is 15.9. The second-order valence-electron chi connectivity index (χ2n) is 4.10. The van der Waals surface area contributed by atoms with E-state index < -0.39 is 11.7 Å². The maximum atomic E-state index is 13.6. The molecule has 0 aliphatic heterocycles. The van der Waals surface area contributed by atoms with Crippen molar-refractivity contribution in [3.63, 3.8) is 0 Å². The molecule has 0 saturated heterocycles. The molecule has 20 heavy (non-hydrogen) atoms. The Morgan fingerprint density at radius 3 is 2.75 bits per heavy atom. The Bertz CT molecular complexity index is 620. The van der Waals surface area contributed by atoms with Crippen molar-refractivity contribution in [1.29, 1.82) is 0 Å². The second kappa shape index (κ2) is 6.86. The first-order valence-corrected chi connectivity index (χ1v) is 5.71. The van der Waals surface area contributed by atoms with Gasteiger partial charge in [0.15, 0.2) is 30.5 Å². The average molecular weight is 297 g/mol. The van der Waals surface area contributed by atoms with Crippen LogP contribution < -0.4 is 27.4 Å². The van der Waals surface area contributed by atoms with Crippen LogP contribution in [0, 0.1) is 5.82 Å². The minimum absolute atomic E-state index is 0. The molecular formula is C14H14ClFN2O2. The average Bonchev–Trinajstić information content (AvgIpc) is 2.39. The summed E-state index contributed by atoms with van der Waals surface area (Å²) in [6.45, 7) is 0.446. The Morgan fingerprint density at radius 2 is 2.15 bits per heavy atom. The molecule has 0 aliphatic carbocycles. The minimum atomic E-state index is -0.490. The fraction of sp³-hybridized carbons (Fsp3) is 0.143. The predicted molar refractivity (Wildman–Crippen MR) is 67.2 cm³/mol. The second-order valence-corrected chi connectivity index (χ2v) is 4.10. The number of halogens is 2. The predicted octanol–water partition coefficient (Wildman–Crippen LogP) is -1.73. The summed E-state index contributed by atoms with van der Waals surface area (Å²) >= 11 is 0. The van der Waals surface area contributed by atoms with Gasteiger partial charge in [-0.3, -0.25) is 4.79 Å². The van der Waals surface area contributed by atoms with Crippen molar-refractivity contribution in [3.8, 4) is 5.75 Å². The molecule has 0 spiro atoms. The van der Waals surface area contributed by atoms with E-state index in [0.29, 0.717) is 12.1 Å². The number of ether oxygens (including phenoxy) is 1. The molecule has 2 aromatic rings. The van der Waals surface area contributed by atoms with E-state index in [2.05, 4.69) is 0 Å². The van der Waals surface area contributed by atoms with Gasteiger partial charge in [0, 0.05) is 11.6 Å². The van der Waals surface area contributed by atoms with Crippen LogP contribution in [0.15, 0.2) is 42.7 Å². The number of pyridine rings is 1. The van der Waals surface area contributed by atoms with Crippen molar-refractivity contribution in [2.24, 2.45) is 5.73 Å². The van der Waals surface area contributed by atoms with Crippen LogP contribution >= 0.6 is 0 Å². The maximum Gasteiger partial charge on any atom is 0.254 e. The lowest BCUT2D eigenvalue weighted by Gasteiger charge is -2.03. The normalized spacial score (nSPS) is 9.70. The van der Waals surface area contributed by atoms with E-state index in [1.807, 2.05) is 0 Å². The molecule has 0 radical (unpaired) electrons. The molecule has 0 unspecified atom stereocenters. The first-order chi connectivity index (χ1) is 9.10. The lowest BCUT2D eigenvalue weighted by Crippen LogP contribution is -3.00. The first-order valence-electron chi connectivity index (χ1n) is 5.71. The van der Waals surface area contributed by atoms with Gasteiger partial charge in [-0.1, -0.05) is 0 Å². The van der Waals surface area contributed by atoms with Gasteiger partial charge in [-0.05, 0) is 24.3 Å². The van der Waals surface area contributed by atoms with Crippen molar-refractivity contribution < 1.29 is 30.9 Å². The van der Waals surface area contributed by atoms with Gasteiger partial charge in [-0.2, -0.15) is 4.57 Å². The smallest absolute Gasteiger partial charge is 0.254 e. The molecule has 0 fully saturated rings. The van der Waals surface area contributed by atoms with Crippen molar-refractivity contribution in [2.45, 2.75) is 6.54 Å². The summed E-state index contributed by atoms with van der Waals surface area (Å²) in [5.41, 5.74) is 6.39. The summed E-state index contributed by atoms with van der Waals surface area (Å²) in [5, 5.41) is 0. The van der Waals surface area contributed by atoms with Crippen molar-refractivity contribution in [3.05, 3.63) is 59.7 Å². The third-order valence-electron chi connectivity index (χ3n) is 2.72. The Balaban J connectivity index is 0.00000200. The van der Waals surface area contributed by atoms with Gasteiger partial charge in [0.25, 0.3) is 5.91 Å². The summed E-state index contributed by atoms with van der Waals surface area (Å²) in [7, 11) is 1.42. The molecule has 0 aliphatic rings. The van der Waals surface area contributed by atoms with Gasteiger partial charge < -0.3 is 22.9 Å². The Hall–Kier alpha value is -2.14. The molecule has 106 valence electrons. The molecule has 0 atom stereocenters. The Morgan fingerprint density at radius 1 is 1.40 bits per heavy atom. The summed E-state index contributed by atoms with van der Waals surface area (Å²) in [4.78, 5) is 11.1. The number of primary amides is 1. The van der Waals surface area contributed by atoms with Gasteiger partial charge in [0.2, 0.25) is 0 Å². The summed E-state index contributed by atoms with van der Waals surface area (Å²) in [6, 6.07) is 8.10. The highest BCUT2D eigenvalue weighted by Crippen LogP contribution is 2.17. The van der Waals surface area contributed by atoms with Crippen LogP contribution in [0.4, 0.5) is 4.39 Å². The largest absolute Gasteiger partial charge is 1.00 e. The summed E-state index contributed by atoms with van der Waals surface area (Å²) in [6.07, 6.45) is 3.42. The minimum Gasteiger partial charge on any atom is -1.00 e. The highest BCUT2D eigenvalue weighted by molar-refractivity contribution is 5.92. The molecule has 4 nitrogen and oxygen atoms in total. The zero-order valence-electron chi connectivity index (χ0n) is 10.8. The number of carbonyl (C=O) groups is 1. The number of nitrogens with two attached hydrogens (primary N) is 1. The van der Waals surface area contributed by atoms with E-state index in [-0.39, 0.29) is 18.2 Å². The fourth-order valence-corrected chi connectivity index (χ4v) is 1.79. The van der Waals surface area contributed by atoms with E-state index in [0.717, 1.165) is 5.56 Å². The van der Waals surface area contributed by atoms with Crippen molar-refractivity contribution >= 4 is 5.91 Å². The lowest BCUT2D eigenvalue weighted by atomic mass is 10.2. The van der Waals surface area contributed by atoms with Crippen LogP contribution in [0.3, 0.4) is 0 Å². The zero-order chi connectivity index (χ0) is 13.8. The topological polar surface area (TPSA) is 56.2 Å². The number of amides is 1. The lowest BCUT2D eigenvalue weighted by molar-refractivity contribution is -0.688. The third-order valence-corrected chi connectivity index (χ3v) is 2.72. The standard InChI is InChI=1S/C14H13FN2O2.ClH/c1-19-13-5-4-10(7-12(13)15)8-17-6-2-3-11(9-17)14(16)18;/h2-7,9H,8H2,1H3,(H-,16,18);1H. The van der Waals surface area contributed by atoms with E-state index in [1.54, 1.807) is 41.2 Å². The zero-order valence-corrected chi connectivity index (χ0v) is 11.6. The number of rotatable bonds is 4. The maximum absolute atomic E-state index is 13.6. The Labute approximate surface area is 122 Å². The van der Waals surface area contributed by atoms with Gasteiger partial charge in [-0.15, -0.1) is 0 Å². The van der Waals surface area contributed by atoms with Crippen LogP contribution in [0.2, 0.25) is 0 Å². The molecule has 2 N–H and O–H groups in total. The van der Waals surface area contributed by atoms with E-state index >= 15 is 0 Å². The van der Waals surface area contributed by atoms with Crippen molar-refractivity contribution in [1.82, 2.24) is 0 Å². The van der Waals surface area contributed by atoms with Gasteiger partial charge >= 0.3 is 0 Å². The monoisotopic (exact) mass is 296 g/mol. The summed E-state index contributed by atoms with van der Waals surface area (Å²) < 4.78 is 20.2. The SMILES string of the molecule is COc1ccc(C[n+]2cccc(C(N)=O)c2)cc1F.[Cl-]. The third kappa shape index (κ3) is 3.68. The number of benzene rings is 1. The molecule has 0 saturated carbocycles. The van der Waals surface area contributed by atoms with E-state index in [1.165, 1.54) is 13.2 Å². The van der Waals surface area contributed by atoms with Crippen LogP contribution in [0.1, 0.15) is 15.9 Å². The highest BCUT2D eigenvalue weighted by Gasteiger charge is 2.10. The van der Waals surface area contributed by atoms with Gasteiger partial charge in [0.1, 0.15) is 5.56 Å². The van der Waals surface area contributed by atoms with E-state index in [4.69, 9.17) is 10.5 Å². The van der Waals surface area contributed by atoms with Gasteiger partial charge in [-0.25, -0.2) is 4.39 Å². The van der Waals surface area contributed by atoms with Crippen LogP contribution in [0.25, 0.3) is 0 Å². The van der Waals surface area contributed by atoms with Crippen LogP contribution in [-0.2, 0) is 6.54 Å². The number of aromatic nitrogens is 1. The van der Waals surface area contributed by atoms with Crippen LogP contribution in [-0.4, -0.2) is 13.0 Å². The molecule has 1 amide bonds. The fourth-order valence-electron chi connectivity index (χ4n) is 1.79. The number of hydrogen-bond donors (Lipinski definition) is 1. The molecule has 2 rings (SSSR count). The Kier molecular flexibility index (Phi) is 5.46. The molecule has 1 aromatic carbocycles. The number of nitrogens with zero attached hydrogens (tertiary/aromatic N) is 1. The number of carbonyl (C=O) groups excluding carboxylic acids is 1.